The average molecular weight is 290 g/mol. The Morgan fingerprint density at radius 3 is 2.18 bits per heavy atom. The number of aromatic nitrogens is 1. The molecule has 0 saturated carbocycles. The lowest BCUT2D eigenvalue weighted by molar-refractivity contribution is 0.322. The van der Waals surface area contributed by atoms with Gasteiger partial charge in [-0.1, -0.05) is 47.6 Å². The molecule has 0 bridgehead atoms. The fourth-order valence-electron chi connectivity index (χ4n) is 2.81. The average Bonchev–Trinajstić information content (AvgIpc) is 2.83. The number of hydrogen-bond acceptors (Lipinski definition) is 2. The summed E-state index contributed by atoms with van der Waals surface area (Å²) >= 11 is 0. The highest BCUT2D eigenvalue weighted by Crippen LogP contribution is 2.24. The van der Waals surface area contributed by atoms with Crippen LogP contribution in [0.15, 0.2) is 65.8 Å². The summed E-state index contributed by atoms with van der Waals surface area (Å²) < 4.78 is 2.16. The Bertz CT molecular complexity index is 799. The Labute approximate surface area is 130 Å². The van der Waals surface area contributed by atoms with Crippen molar-refractivity contribution in [3.63, 3.8) is 0 Å². The van der Waals surface area contributed by atoms with Gasteiger partial charge in [0.05, 0.1) is 6.21 Å². The minimum atomic E-state index is 0.923. The van der Waals surface area contributed by atoms with E-state index in [1.807, 2.05) is 38.1 Å². The van der Waals surface area contributed by atoms with Crippen molar-refractivity contribution >= 4 is 6.21 Å². The normalized spacial score (nSPS) is 11.2. The first kappa shape index (κ1) is 14.1. The minimum Gasteiger partial charge on any atom is -0.411 e. The molecule has 0 radical (unpaired) electrons. The molecular weight excluding hydrogens is 272 g/mol. The van der Waals surface area contributed by atoms with Gasteiger partial charge in [0.25, 0.3) is 0 Å². The molecule has 0 amide bonds. The van der Waals surface area contributed by atoms with E-state index in [4.69, 9.17) is 5.21 Å². The topological polar surface area (TPSA) is 37.5 Å². The highest BCUT2D eigenvalue weighted by atomic mass is 16.4. The zero-order chi connectivity index (χ0) is 15.5. The van der Waals surface area contributed by atoms with Gasteiger partial charge >= 0.3 is 0 Å². The van der Waals surface area contributed by atoms with Crippen LogP contribution in [0, 0.1) is 13.8 Å². The summed E-state index contributed by atoms with van der Waals surface area (Å²) in [4.78, 5) is 0. The number of oxime groups is 1. The molecule has 2 aromatic carbocycles. The predicted molar refractivity (Wildman–Crippen MR) is 90.1 cm³/mol. The van der Waals surface area contributed by atoms with Gasteiger partial charge in [-0.3, -0.25) is 0 Å². The molecule has 3 aromatic rings. The molecule has 3 rings (SSSR count). The third-order valence-corrected chi connectivity index (χ3v) is 3.90. The lowest BCUT2D eigenvalue weighted by Crippen LogP contribution is -1.99. The highest BCUT2D eigenvalue weighted by molar-refractivity contribution is 5.81. The van der Waals surface area contributed by atoms with Crippen molar-refractivity contribution in [1.82, 2.24) is 4.57 Å². The summed E-state index contributed by atoms with van der Waals surface area (Å²) in [5.74, 6) is 0. The number of hydrogen-bond donors (Lipinski definition) is 1. The van der Waals surface area contributed by atoms with Gasteiger partial charge in [-0.2, -0.15) is 0 Å². The van der Waals surface area contributed by atoms with Crippen LogP contribution in [0.25, 0.3) is 16.8 Å². The molecule has 0 saturated heterocycles. The van der Waals surface area contributed by atoms with E-state index in [1.54, 1.807) is 0 Å². The van der Waals surface area contributed by atoms with Crippen LogP contribution in [0.5, 0.6) is 0 Å². The zero-order valence-corrected chi connectivity index (χ0v) is 12.7. The number of nitrogens with zero attached hydrogens (tertiary/aromatic N) is 2. The number of benzene rings is 2. The van der Waals surface area contributed by atoms with Crippen molar-refractivity contribution in [1.29, 1.82) is 0 Å². The van der Waals surface area contributed by atoms with Crippen molar-refractivity contribution < 1.29 is 5.21 Å². The van der Waals surface area contributed by atoms with Crippen LogP contribution in [0.1, 0.15) is 17.0 Å². The molecule has 1 heterocycles. The van der Waals surface area contributed by atoms with E-state index in [2.05, 4.69) is 46.1 Å². The first-order valence-electron chi connectivity index (χ1n) is 7.23. The second kappa shape index (κ2) is 5.90. The van der Waals surface area contributed by atoms with Crippen LogP contribution in [-0.2, 0) is 0 Å². The molecule has 0 atom stereocenters. The van der Waals surface area contributed by atoms with E-state index in [0.717, 1.165) is 22.6 Å². The molecule has 110 valence electrons. The lowest BCUT2D eigenvalue weighted by Gasteiger charge is -2.10. The Hall–Kier alpha value is -2.81. The fourth-order valence-corrected chi connectivity index (χ4v) is 2.81. The lowest BCUT2D eigenvalue weighted by atomic mass is 10.1. The summed E-state index contributed by atoms with van der Waals surface area (Å²) in [6.07, 6.45) is 1.47. The summed E-state index contributed by atoms with van der Waals surface area (Å²) in [5, 5.41) is 11.9. The van der Waals surface area contributed by atoms with Crippen LogP contribution in [-0.4, -0.2) is 16.0 Å². The first-order valence-corrected chi connectivity index (χ1v) is 7.23. The minimum absolute atomic E-state index is 0.923. The van der Waals surface area contributed by atoms with Gasteiger partial charge in [0, 0.05) is 22.6 Å². The Morgan fingerprint density at radius 2 is 1.55 bits per heavy atom. The van der Waals surface area contributed by atoms with E-state index in [1.165, 1.54) is 17.3 Å². The molecule has 0 spiro atoms. The van der Waals surface area contributed by atoms with Gasteiger partial charge in [-0.05, 0) is 43.2 Å². The molecule has 0 aliphatic rings. The van der Waals surface area contributed by atoms with Crippen LogP contribution in [0.2, 0.25) is 0 Å². The first-order chi connectivity index (χ1) is 10.7. The smallest absolute Gasteiger partial charge is 0.0752 e. The molecule has 0 aliphatic carbocycles. The van der Waals surface area contributed by atoms with Crippen LogP contribution < -0.4 is 0 Å². The van der Waals surface area contributed by atoms with E-state index in [0.29, 0.717) is 0 Å². The molecule has 3 nitrogen and oxygen atoms in total. The molecule has 0 fully saturated rings. The molecule has 22 heavy (non-hydrogen) atoms. The largest absolute Gasteiger partial charge is 0.411 e. The van der Waals surface area contributed by atoms with Gasteiger partial charge in [0.2, 0.25) is 0 Å². The van der Waals surface area contributed by atoms with Crippen molar-refractivity contribution in [2.45, 2.75) is 13.8 Å². The Morgan fingerprint density at radius 1 is 0.909 bits per heavy atom. The Balaban J connectivity index is 2.00. The third-order valence-electron chi connectivity index (χ3n) is 3.90. The van der Waals surface area contributed by atoms with Crippen molar-refractivity contribution in [3.8, 4) is 16.8 Å². The summed E-state index contributed by atoms with van der Waals surface area (Å²) in [7, 11) is 0. The maximum Gasteiger partial charge on any atom is 0.0752 e. The van der Waals surface area contributed by atoms with E-state index < -0.39 is 0 Å². The van der Waals surface area contributed by atoms with Gasteiger partial charge in [-0.25, -0.2) is 0 Å². The summed E-state index contributed by atoms with van der Waals surface area (Å²) in [6.45, 7) is 4.07. The summed E-state index contributed by atoms with van der Waals surface area (Å²) in [6, 6.07) is 20.8. The quantitative estimate of drug-likeness (QED) is 0.428. The SMILES string of the molecule is Cc1cc(/C=N\O)c(C)n1-c1ccc(-c2ccccc2)cc1. The standard InChI is InChI=1S/C19H18N2O/c1-14-12-18(13-20-22)15(2)21(14)19-10-8-17(9-11-19)16-6-4-3-5-7-16/h3-13,22H,1-2H3/b20-13-. The van der Waals surface area contributed by atoms with Crippen LogP contribution in [0.3, 0.4) is 0 Å². The van der Waals surface area contributed by atoms with E-state index >= 15 is 0 Å². The monoisotopic (exact) mass is 290 g/mol. The predicted octanol–water partition coefficient (Wildman–Crippen LogP) is 4.57. The van der Waals surface area contributed by atoms with Gasteiger partial charge < -0.3 is 9.77 Å². The van der Waals surface area contributed by atoms with Crippen molar-refractivity contribution in [2.75, 3.05) is 0 Å². The second-order valence-electron chi connectivity index (χ2n) is 5.32. The van der Waals surface area contributed by atoms with Crippen molar-refractivity contribution in [3.05, 3.63) is 77.6 Å². The van der Waals surface area contributed by atoms with E-state index in [-0.39, 0.29) is 0 Å². The van der Waals surface area contributed by atoms with Gasteiger partial charge in [0.15, 0.2) is 0 Å². The van der Waals surface area contributed by atoms with Crippen molar-refractivity contribution in [2.24, 2.45) is 5.16 Å². The van der Waals surface area contributed by atoms with Crippen LogP contribution in [0.4, 0.5) is 0 Å². The van der Waals surface area contributed by atoms with E-state index in [9.17, 15) is 0 Å². The molecule has 1 N–H and O–H groups in total. The molecule has 3 heteroatoms. The molecular formula is C19H18N2O. The van der Waals surface area contributed by atoms with Gasteiger partial charge in [-0.15, -0.1) is 0 Å². The molecule has 0 unspecified atom stereocenters. The summed E-state index contributed by atoms with van der Waals surface area (Å²) in [5.41, 5.74) is 6.61. The number of rotatable bonds is 3. The molecule has 1 aromatic heterocycles. The van der Waals surface area contributed by atoms with Crippen LogP contribution >= 0.6 is 0 Å². The third kappa shape index (κ3) is 2.53. The zero-order valence-electron chi connectivity index (χ0n) is 12.7. The Kier molecular flexibility index (Phi) is 3.79. The molecule has 0 aliphatic heterocycles. The van der Waals surface area contributed by atoms with Gasteiger partial charge in [0.1, 0.15) is 0 Å². The number of aryl methyl sites for hydroxylation is 1. The maximum absolute atomic E-state index is 8.74. The maximum atomic E-state index is 8.74. The highest BCUT2D eigenvalue weighted by Gasteiger charge is 2.09. The second-order valence-corrected chi connectivity index (χ2v) is 5.32. The fraction of sp³-hybridized carbons (Fsp3) is 0.105.